The summed E-state index contributed by atoms with van der Waals surface area (Å²) in [4.78, 5) is 23.9. The highest BCUT2D eigenvalue weighted by atomic mass is 16.6. The Morgan fingerprint density at radius 2 is 0.840 bits per heavy atom. The average molecular weight is 703 g/mol. The van der Waals surface area contributed by atoms with Gasteiger partial charge in [0.2, 0.25) is 0 Å². The van der Waals surface area contributed by atoms with Crippen LogP contribution in [0.1, 0.15) is 194 Å². The maximum Gasteiger partial charge on any atom is 0.305 e. The van der Waals surface area contributed by atoms with Crippen LogP contribution in [-0.2, 0) is 19.1 Å². The van der Waals surface area contributed by atoms with Crippen LogP contribution in [0.3, 0.4) is 0 Å². The summed E-state index contributed by atoms with van der Waals surface area (Å²) >= 11 is 0. The molecular formula is C44H78O6. The van der Waals surface area contributed by atoms with Gasteiger partial charge in [0.05, 0.1) is 6.10 Å². The third-order valence-corrected chi connectivity index (χ3v) is 8.87. The Bertz CT molecular complexity index is 861. The van der Waals surface area contributed by atoms with Gasteiger partial charge in [-0.15, -0.1) is 0 Å². The van der Waals surface area contributed by atoms with Gasteiger partial charge in [-0.3, -0.25) is 9.59 Å². The summed E-state index contributed by atoms with van der Waals surface area (Å²) in [6.07, 6.45) is 46.6. The van der Waals surface area contributed by atoms with Crippen molar-refractivity contribution in [1.29, 1.82) is 0 Å². The molecule has 6 nitrogen and oxygen atoms in total. The number of aliphatic hydroxyl groups excluding tert-OH is 2. The smallest absolute Gasteiger partial charge is 0.305 e. The van der Waals surface area contributed by atoms with Crippen molar-refractivity contribution in [1.82, 2.24) is 0 Å². The third kappa shape index (κ3) is 38.6. The molecule has 0 aliphatic rings. The molecule has 0 rings (SSSR count). The van der Waals surface area contributed by atoms with Crippen molar-refractivity contribution in [3.8, 4) is 0 Å². The molecule has 0 fully saturated rings. The second-order valence-corrected chi connectivity index (χ2v) is 13.9. The van der Waals surface area contributed by atoms with Crippen LogP contribution in [0, 0.1) is 0 Å². The summed E-state index contributed by atoms with van der Waals surface area (Å²) in [5.41, 5.74) is 0. The second-order valence-electron chi connectivity index (χ2n) is 13.9. The van der Waals surface area contributed by atoms with Crippen LogP contribution in [0.25, 0.3) is 0 Å². The van der Waals surface area contributed by atoms with E-state index in [1.54, 1.807) is 0 Å². The fourth-order valence-corrected chi connectivity index (χ4v) is 5.74. The van der Waals surface area contributed by atoms with Crippen LogP contribution in [0.15, 0.2) is 48.6 Å². The van der Waals surface area contributed by atoms with E-state index >= 15 is 0 Å². The molecular weight excluding hydrogens is 624 g/mol. The molecule has 50 heavy (non-hydrogen) atoms. The Morgan fingerprint density at radius 3 is 1.28 bits per heavy atom. The molecule has 1 unspecified atom stereocenters. The highest BCUT2D eigenvalue weighted by molar-refractivity contribution is 5.69. The van der Waals surface area contributed by atoms with E-state index in [0.717, 1.165) is 64.2 Å². The molecule has 0 bridgehead atoms. The van der Waals surface area contributed by atoms with E-state index in [1.807, 2.05) is 0 Å². The number of carbonyl (C=O) groups is 2. The normalized spacial score (nSPS) is 13.3. The van der Waals surface area contributed by atoms with Crippen LogP contribution >= 0.6 is 0 Å². The minimum atomic E-state index is -0.995. The highest BCUT2D eigenvalue weighted by Crippen LogP contribution is 2.15. The van der Waals surface area contributed by atoms with E-state index in [9.17, 15) is 19.8 Å². The quantitative estimate of drug-likeness (QED) is 0.0380. The van der Waals surface area contributed by atoms with Gasteiger partial charge in [-0.1, -0.05) is 178 Å². The molecule has 0 aliphatic heterocycles. The maximum atomic E-state index is 12.0. The first-order chi connectivity index (χ1) is 24.5. The minimum absolute atomic E-state index is 0.140. The van der Waals surface area contributed by atoms with Gasteiger partial charge in [0, 0.05) is 12.8 Å². The van der Waals surface area contributed by atoms with Crippen molar-refractivity contribution in [2.24, 2.45) is 0 Å². The molecule has 0 saturated heterocycles. The Balaban J connectivity index is 3.52. The molecule has 0 saturated carbocycles. The first-order valence-corrected chi connectivity index (χ1v) is 20.8. The molecule has 0 spiro atoms. The van der Waals surface area contributed by atoms with Crippen LogP contribution < -0.4 is 0 Å². The number of aliphatic hydroxyl groups is 2. The summed E-state index contributed by atoms with van der Waals surface area (Å²) in [5, 5.41) is 19.7. The molecule has 0 aliphatic carbocycles. The number of carbonyl (C=O) groups excluding carboxylic acids is 2. The lowest BCUT2D eigenvalue weighted by Crippen LogP contribution is -2.25. The lowest BCUT2D eigenvalue weighted by Gasteiger charge is -2.12. The Morgan fingerprint density at radius 1 is 0.460 bits per heavy atom. The summed E-state index contributed by atoms with van der Waals surface area (Å²) in [6.45, 7) is 4.06. The number of esters is 2. The summed E-state index contributed by atoms with van der Waals surface area (Å²) in [6, 6.07) is 0. The molecule has 0 radical (unpaired) electrons. The van der Waals surface area contributed by atoms with E-state index in [2.05, 4.69) is 62.5 Å². The summed E-state index contributed by atoms with van der Waals surface area (Å²) in [7, 11) is 0. The van der Waals surface area contributed by atoms with Crippen LogP contribution in [0.2, 0.25) is 0 Å². The second kappa shape index (κ2) is 39.6. The SMILES string of the molecule is CCCCCCCCCCCCCCCCCCCCC(=O)OC[C@H](O)COC(=O)CCC/C=C\C/C=C\C/C=C\C/C=C\CC(O)CCC. The maximum absolute atomic E-state index is 12.0. The predicted octanol–water partition coefficient (Wildman–Crippen LogP) is 12.0. The lowest BCUT2D eigenvalue weighted by molar-refractivity contribution is -0.152. The van der Waals surface area contributed by atoms with Crippen molar-refractivity contribution in [2.75, 3.05) is 13.2 Å². The van der Waals surface area contributed by atoms with Crippen molar-refractivity contribution in [2.45, 2.75) is 206 Å². The van der Waals surface area contributed by atoms with Crippen molar-refractivity contribution in [3.05, 3.63) is 48.6 Å². The largest absolute Gasteiger partial charge is 0.463 e. The third-order valence-electron chi connectivity index (χ3n) is 8.87. The molecule has 0 aromatic carbocycles. The molecule has 2 N–H and O–H groups in total. The number of ether oxygens (including phenoxy) is 2. The summed E-state index contributed by atoms with van der Waals surface area (Å²) < 4.78 is 10.3. The van der Waals surface area contributed by atoms with Gasteiger partial charge in [0.25, 0.3) is 0 Å². The van der Waals surface area contributed by atoms with Gasteiger partial charge in [-0.05, 0) is 51.4 Å². The van der Waals surface area contributed by atoms with Gasteiger partial charge >= 0.3 is 11.9 Å². The molecule has 290 valence electrons. The predicted molar refractivity (Wildman–Crippen MR) is 211 cm³/mol. The fourth-order valence-electron chi connectivity index (χ4n) is 5.74. The molecule has 0 amide bonds. The van der Waals surface area contributed by atoms with E-state index < -0.39 is 6.10 Å². The van der Waals surface area contributed by atoms with Crippen LogP contribution in [0.5, 0.6) is 0 Å². The van der Waals surface area contributed by atoms with E-state index in [-0.39, 0.29) is 31.3 Å². The van der Waals surface area contributed by atoms with Gasteiger partial charge in [0.15, 0.2) is 0 Å². The molecule has 0 aromatic heterocycles. The number of allylic oxidation sites excluding steroid dienone is 7. The zero-order valence-electron chi connectivity index (χ0n) is 32.5. The first kappa shape index (κ1) is 47.8. The molecule has 0 aromatic rings. The fraction of sp³-hybridized carbons (Fsp3) is 0.773. The lowest BCUT2D eigenvalue weighted by atomic mass is 10.0. The average Bonchev–Trinajstić information content (AvgIpc) is 3.11. The van der Waals surface area contributed by atoms with E-state index in [1.165, 1.54) is 96.3 Å². The van der Waals surface area contributed by atoms with Crippen molar-refractivity contribution >= 4 is 11.9 Å². The first-order valence-electron chi connectivity index (χ1n) is 20.8. The van der Waals surface area contributed by atoms with E-state index in [4.69, 9.17) is 9.47 Å². The topological polar surface area (TPSA) is 93.1 Å². The Hall–Kier alpha value is -2.18. The number of hydrogen-bond donors (Lipinski definition) is 2. The van der Waals surface area contributed by atoms with Gasteiger partial charge in [-0.2, -0.15) is 0 Å². The zero-order chi connectivity index (χ0) is 36.6. The van der Waals surface area contributed by atoms with Gasteiger partial charge < -0.3 is 19.7 Å². The zero-order valence-corrected chi connectivity index (χ0v) is 32.5. The van der Waals surface area contributed by atoms with Crippen LogP contribution in [-0.4, -0.2) is 47.6 Å². The van der Waals surface area contributed by atoms with Crippen LogP contribution in [0.4, 0.5) is 0 Å². The van der Waals surface area contributed by atoms with Crippen molar-refractivity contribution in [3.63, 3.8) is 0 Å². The van der Waals surface area contributed by atoms with Gasteiger partial charge in [0.1, 0.15) is 19.3 Å². The monoisotopic (exact) mass is 703 g/mol. The van der Waals surface area contributed by atoms with Crippen molar-refractivity contribution < 1.29 is 29.3 Å². The highest BCUT2D eigenvalue weighted by Gasteiger charge is 2.12. The number of rotatable bonds is 37. The summed E-state index contributed by atoms with van der Waals surface area (Å²) in [5.74, 6) is -0.644. The molecule has 2 atom stereocenters. The van der Waals surface area contributed by atoms with E-state index in [0.29, 0.717) is 19.3 Å². The number of unbranched alkanes of at least 4 members (excludes halogenated alkanes) is 18. The Labute approximate surface area is 308 Å². The molecule has 6 heteroatoms. The Kier molecular flexibility index (Phi) is 37.9. The number of hydrogen-bond acceptors (Lipinski definition) is 6. The minimum Gasteiger partial charge on any atom is -0.463 e. The van der Waals surface area contributed by atoms with Gasteiger partial charge in [-0.25, -0.2) is 0 Å². The molecule has 0 heterocycles. The standard InChI is InChI=1S/C44H78O6/c1-3-5-6-7-8-9-10-11-12-13-14-15-18-21-24-27-30-33-37-43(47)49-39-42(46)40-50-44(48)38-34-31-28-25-22-19-16-17-20-23-26-29-32-36-41(45)35-4-2/h16,19-20,23,25,28-29,32,41-42,45-46H,3-15,17-18,21-22,24,26-27,30-31,33-40H2,1-2H3/b19-16-,23-20-,28-25-,32-29-/t41?,42-/m0/s1.